The van der Waals surface area contributed by atoms with Crippen LogP contribution in [0, 0.1) is 11.3 Å². The third-order valence-corrected chi connectivity index (χ3v) is 3.55. The van der Waals surface area contributed by atoms with E-state index in [0.29, 0.717) is 13.2 Å². The van der Waals surface area contributed by atoms with Crippen LogP contribution >= 0.6 is 0 Å². The highest BCUT2D eigenvalue weighted by atomic mass is 16.6. The Bertz CT molecular complexity index is 321. The van der Waals surface area contributed by atoms with Crippen molar-refractivity contribution in [3.63, 3.8) is 0 Å². The van der Waals surface area contributed by atoms with Crippen molar-refractivity contribution < 1.29 is 19.1 Å². The van der Waals surface area contributed by atoms with Gasteiger partial charge in [0.05, 0.1) is 13.2 Å². The Morgan fingerprint density at radius 1 is 0.864 bits per heavy atom. The molecule has 4 heteroatoms. The lowest BCUT2D eigenvalue weighted by atomic mass is 9.94. The van der Waals surface area contributed by atoms with E-state index in [4.69, 9.17) is 9.47 Å². The van der Waals surface area contributed by atoms with E-state index in [1.165, 1.54) is 32.1 Å². The molecule has 0 fully saturated rings. The summed E-state index contributed by atoms with van der Waals surface area (Å²) in [5.74, 6) is -0.749. The highest BCUT2D eigenvalue weighted by Crippen LogP contribution is 2.20. The number of carbonyl (C=O) groups excluding carboxylic acids is 2. The summed E-state index contributed by atoms with van der Waals surface area (Å²) >= 11 is 0. The fourth-order valence-corrected chi connectivity index (χ4v) is 1.91. The second kappa shape index (κ2) is 11.5. The zero-order chi connectivity index (χ0) is 17.0. The molecule has 0 heterocycles. The van der Waals surface area contributed by atoms with Gasteiger partial charge in [-0.15, -0.1) is 0 Å². The van der Waals surface area contributed by atoms with E-state index in [9.17, 15) is 9.59 Å². The van der Waals surface area contributed by atoms with Crippen molar-refractivity contribution in [1.82, 2.24) is 0 Å². The fourth-order valence-electron chi connectivity index (χ4n) is 1.91. The fraction of sp³-hybridized carbons (Fsp3) is 0.889. The molecule has 0 saturated carbocycles. The minimum absolute atomic E-state index is 0.253. The van der Waals surface area contributed by atoms with Crippen molar-refractivity contribution in [2.45, 2.75) is 79.6 Å². The molecule has 4 nitrogen and oxygen atoms in total. The van der Waals surface area contributed by atoms with Gasteiger partial charge in [0.15, 0.2) is 5.41 Å². The van der Waals surface area contributed by atoms with Crippen molar-refractivity contribution >= 4 is 11.9 Å². The average molecular weight is 314 g/mol. The van der Waals surface area contributed by atoms with Crippen LogP contribution in [0.2, 0.25) is 0 Å². The average Bonchev–Trinajstić information content (AvgIpc) is 2.46. The third kappa shape index (κ3) is 9.06. The molecule has 0 saturated heterocycles. The van der Waals surface area contributed by atoms with Crippen LogP contribution in [-0.4, -0.2) is 25.2 Å². The van der Waals surface area contributed by atoms with Crippen molar-refractivity contribution in [3.05, 3.63) is 0 Å². The predicted molar refractivity (Wildman–Crippen MR) is 88.5 cm³/mol. The monoisotopic (exact) mass is 314 g/mol. The molecule has 0 rings (SSSR count). The maximum atomic E-state index is 12.0. The van der Waals surface area contributed by atoms with Crippen LogP contribution in [0.15, 0.2) is 0 Å². The normalized spacial score (nSPS) is 11.5. The molecule has 0 atom stereocenters. The quantitative estimate of drug-likeness (QED) is 0.302. The zero-order valence-electron chi connectivity index (χ0n) is 15.1. The maximum absolute atomic E-state index is 12.0. The highest BCUT2D eigenvalue weighted by Gasteiger charge is 2.39. The number of esters is 2. The zero-order valence-corrected chi connectivity index (χ0v) is 15.1. The Morgan fingerprint density at radius 2 is 1.36 bits per heavy atom. The number of hydrogen-bond donors (Lipinski definition) is 0. The number of ether oxygens (including phenoxy) is 2. The van der Waals surface area contributed by atoms with Gasteiger partial charge >= 0.3 is 11.9 Å². The second-order valence-corrected chi connectivity index (χ2v) is 6.87. The van der Waals surface area contributed by atoms with Gasteiger partial charge in [-0.05, 0) is 26.2 Å². The Labute approximate surface area is 135 Å². The topological polar surface area (TPSA) is 52.6 Å². The van der Waals surface area contributed by atoms with Crippen LogP contribution < -0.4 is 0 Å². The largest absolute Gasteiger partial charge is 0.465 e. The van der Waals surface area contributed by atoms with E-state index < -0.39 is 17.4 Å². The standard InChI is InChI=1S/C18H34O4/c1-6-7-8-9-10-11-12-13-21-16(19)18(4,5)17(20)22-14-15(2)3/h15H,6-14H2,1-5H3. The Hall–Kier alpha value is -1.06. The minimum Gasteiger partial charge on any atom is -0.465 e. The van der Waals surface area contributed by atoms with Crippen LogP contribution in [0.4, 0.5) is 0 Å². The molecule has 0 aliphatic rings. The summed E-state index contributed by atoms with van der Waals surface area (Å²) < 4.78 is 10.4. The van der Waals surface area contributed by atoms with Crippen LogP contribution in [0.1, 0.15) is 79.6 Å². The van der Waals surface area contributed by atoms with Gasteiger partial charge in [-0.25, -0.2) is 0 Å². The Morgan fingerprint density at radius 3 is 1.91 bits per heavy atom. The number of hydrogen-bond acceptors (Lipinski definition) is 4. The molecular formula is C18H34O4. The molecule has 0 radical (unpaired) electrons. The summed E-state index contributed by atoms with van der Waals surface area (Å²) in [6.45, 7) is 9.94. The van der Waals surface area contributed by atoms with Crippen molar-refractivity contribution in [2.24, 2.45) is 11.3 Å². The molecule has 0 aromatic carbocycles. The van der Waals surface area contributed by atoms with Gasteiger partial charge in [0.2, 0.25) is 0 Å². The first kappa shape index (κ1) is 20.9. The number of rotatable bonds is 12. The molecular weight excluding hydrogens is 280 g/mol. The lowest BCUT2D eigenvalue weighted by molar-refractivity contribution is -0.170. The smallest absolute Gasteiger partial charge is 0.322 e. The van der Waals surface area contributed by atoms with Crippen LogP contribution in [0.3, 0.4) is 0 Å². The molecule has 0 aromatic rings. The molecule has 22 heavy (non-hydrogen) atoms. The molecule has 0 unspecified atom stereocenters. The lowest BCUT2D eigenvalue weighted by Gasteiger charge is -2.21. The molecule has 0 aromatic heterocycles. The van der Waals surface area contributed by atoms with Crippen molar-refractivity contribution in [2.75, 3.05) is 13.2 Å². The summed E-state index contributed by atoms with van der Waals surface area (Å²) in [6.07, 6.45) is 8.17. The van der Waals surface area contributed by atoms with Crippen LogP contribution in [-0.2, 0) is 19.1 Å². The van der Waals surface area contributed by atoms with Gasteiger partial charge < -0.3 is 9.47 Å². The van der Waals surface area contributed by atoms with E-state index in [2.05, 4.69) is 6.92 Å². The summed E-state index contributed by atoms with van der Waals surface area (Å²) in [4.78, 5) is 23.9. The number of carbonyl (C=O) groups is 2. The van der Waals surface area contributed by atoms with E-state index in [1.54, 1.807) is 13.8 Å². The van der Waals surface area contributed by atoms with Crippen molar-refractivity contribution in [1.29, 1.82) is 0 Å². The third-order valence-electron chi connectivity index (χ3n) is 3.55. The number of unbranched alkanes of at least 4 members (excludes halogenated alkanes) is 6. The van der Waals surface area contributed by atoms with Gasteiger partial charge in [-0.3, -0.25) is 9.59 Å². The van der Waals surface area contributed by atoms with E-state index in [1.807, 2.05) is 13.8 Å². The SMILES string of the molecule is CCCCCCCCCOC(=O)C(C)(C)C(=O)OCC(C)C. The van der Waals surface area contributed by atoms with Gasteiger partial charge in [0.25, 0.3) is 0 Å². The first-order valence-electron chi connectivity index (χ1n) is 8.66. The lowest BCUT2D eigenvalue weighted by Crippen LogP contribution is -2.37. The Balaban J connectivity index is 3.87. The van der Waals surface area contributed by atoms with E-state index >= 15 is 0 Å². The molecule has 0 bridgehead atoms. The molecule has 0 amide bonds. The molecule has 0 aliphatic carbocycles. The van der Waals surface area contributed by atoms with Gasteiger partial charge in [0.1, 0.15) is 0 Å². The first-order chi connectivity index (χ1) is 10.3. The predicted octanol–water partition coefficient (Wildman–Crippen LogP) is 4.51. The summed E-state index contributed by atoms with van der Waals surface area (Å²) in [7, 11) is 0. The first-order valence-corrected chi connectivity index (χ1v) is 8.66. The highest BCUT2D eigenvalue weighted by molar-refractivity contribution is 5.99. The van der Waals surface area contributed by atoms with E-state index in [0.717, 1.165) is 12.8 Å². The molecule has 0 aliphatic heterocycles. The molecule has 0 spiro atoms. The van der Waals surface area contributed by atoms with Crippen LogP contribution in [0.5, 0.6) is 0 Å². The summed E-state index contributed by atoms with van der Waals surface area (Å²) in [6, 6.07) is 0. The summed E-state index contributed by atoms with van der Waals surface area (Å²) in [5.41, 5.74) is -1.23. The molecule has 130 valence electrons. The van der Waals surface area contributed by atoms with Crippen molar-refractivity contribution in [3.8, 4) is 0 Å². The second-order valence-electron chi connectivity index (χ2n) is 6.87. The van der Waals surface area contributed by atoms with Gasteiger partial charge in [-0.2, -0.15) is 0 Å². The van der Waals surface area contributed by atoms with Gasteiger partial charge in [0, 0.05) is 0 Å². The molecule has 0 N–H and O–H groups in total. The van der Waals surface area contributed by atoms with Gasteiger partial charge in [-0.1, -0.05) is 59.3 Å². The van der Waals surface area contributed by atoms with E-state index in [-0.39, 0.29) is 5.92 Å². The van der Waals surface area contributed by atoms with Crippen LogP contribution in [0.25, 0.3) is 0 Å². The minimum atomic E-state index is -1.23. The maximum Gasteiger partial charge on any atom is 0.322 e. The Kier molecular flexibility index (Phi) is 10.9. The summed E-state index contributed by atoms with van der Waals surface area (Å²) in [5, 5.41) is 0.